The van der Waals surface area contributed by atoms with Crippen molar-refractivity contribution in [2.45, 2.75) is 30.7 Å². The van der Waals surface area contributed by atoms with Crippen molar-refractivity contribution >= 4 is 27.8 Å². The van der Waals surface area contributed by atoms with E-state index in [0.717, 1.165) is 0 Å². The summed E-state index contributed by atoms with van der Waals surface area (Å²) in [4.78, 5) is 11.5. The quantitative estimate of drug-likeness (QED) is 0.826. The van der Waals surface area contributed by atoms with Crippen LogP contribution in [0.25, 0.3) is 0 Å². The molecule has 0 radical (unpaired) electrons. The van der Waals surface area contributed by atoms with Crippen LogP contribution in [0.1, 0.15) is 17.8 Å². The molecule has 1 atom stereocenters. The zero-order chi connectivity index (χ0) is 15.1. The van der Waals surface area contributed by atoms with Gasteiger partial charge in [0.25, 0.3) is 0 Å². The molecule has 112 valence electrons. The molecule has 0 amide bonds. The average molecular weight is 319 g/mol. The molecule has 2 heterocycles. The van der Waals surface area contributed by atoms with Gasteiger partial charge in [0.1, 0.15) is 10.4 Å². The van der Waals surface area contributed by atoms with Crippen LogP contribution >= 0.6 is 11.8 Å². The van der Waals surface area contributed by atoms with E-state index < -0.39 is 21.5 Å². The zero-order valence-corrected chi connectivity index (χ0v) is 13.1. The Morgan fingerprint density at radius 1 is 1.50 bits per heavy atom. The Labute approximate surface area is 121 Å². The summed E-state index contributed by atoms with van der Waals surface area (Å²) in [5, 5.41) is 13.4. The Bertz CT molecular complexity index is 645. The van der Waals surface area contributed by atoms with Gasteiger partial charge in [0.15, 0.2) is 0 Å². The van der Waals surface area contributed by atoms with Gasteiger partial charge >= 0.3 is 5.97 Å². The van der Waals surface area contributed by atoms with Crippen LogP contribution in [0.4, 0.5) is 0 Å². The first kappa shape index (κ1) is 15.3. The maximum Gasteiger partial charge on any atom is 0.325 e. The second-order valence-electron chi connectivity index (χ2n) is 4.92. The fourth-order valence-corrected chi connectivity index (χ4v) is 5.55. The van der Waals surface area contributed by atoms with Crippen molar-refractivity contribution in [3.05, 3.63) is 11.4 Å². The van der Waals surface area contributed by atoms with Gasteiger partial charge in [-0.05, 0) is 26.0 Å². The predicted octanol–water partition coefficient (Wildman–Crippen LogP) is 0.276. The van der Waals surface area contributed by atoms with Gasteiger partial charge in [-0.15, -0.1) is 0 Å². The number of nitrogens with one attached hydrogen (secondary N) is 1. The molecule has 1 fully saturated rings. The molecule has 0 aliphatic carbocycles. The molecule has 2 rings (SSSR count). The number of nitrogens with zero attached hydrogens (tertiary/aromatic N) is 2. The molecule has 0 spiro atoms. The molecule has 1 aliphatic rings. The highest BCUT2D eigenvalue weighted by atomic mass is 32.2. The van der Waals surface area contributed by atoms with Crippen LogP contribution < -0.4 is 4.72 Å². The Hall–Kier alpha value is -1.06. The number of carboxylic acid groups (broad SMARTS) is 1. The SMILES string of the molecule is Cc1nn(C)c(C)c1S(=O)(=O)NC1(C(=O)O)CCSC1. The Morgan fingerprint density at radius 2 is 2.15 bits per heavy atom. The maximum absolute atomic E-state index is 12.5. The monoisotopic (exact) mass is 319 g/mol. The molecule has 0 bridgehead atoms. The topological polar surface area (TPSA) is 101 Å². The first-order valence-corrected chi connectivity index (χ1v) is 8.69. The molecule has 0 saturated carbocycles. The van der Waals surface area contributed by atoms with E-state index >= 15 is 0 Å². The number of hydrogen-bond acceptors (Lipinski definition) is 5. The van der Waals surface area contributed by atoms with E-state index in [1.165, 1.54) is 16.4 Å². The minimum Gasteiger partial charge on any atom is -0.480 e. The van der Waals surface area contributed by atoms with Crippen LogP contribution in [-0.4, -0.2) is 46.3 Å². The number of thioether (sulfide) groups is 1. The lowest BCUT2D eigenvalue weighted by molar-refractivity contribution is -0.142. The Kier molecular flexibility index (Phi) is 3.87. The minimum atomic E-state index is -3.92. The van der Waals surface area contributed by atoms with Crippen molar-refractivity contribution in [3.8, 4) is 0 Å². The molecule has 9 heteroatoms. The highest BCUT2D eigenvalue weighted by Crippen LogP contribution is 2.31. The molecule has 2 N–H and O–H groups in total. The van der Waals surface area contributed by atoms with Gasteiger partial charge in [-0.3, -0.25) is 9.48 Å². The number of hydrogen-bond donors (Lipinski definition) is 2. The van der Waals surface area contributed by atoms with Crippen LogP contribution in [0.2, 0.25) is 0 Å². The molecule has 0 aromatic carbocycles. The largest absolute Gasteiger partial charge is 0.480 e. The number of aliphatic carboxylic acids is 1. The summed E-state index contributed by atoms with van der Waals surface area (Å²) in [5.41, 5.74) is -0.567. The lowest BCUT2D eigenvalue weighted by Crippen LogP contribution is -2.54. The van der Waals surface area contributed by atoms with Crippen LogP contribution in [0.15, 0.2) is 4.90 Å². The number of aromatic nitrogens is 2. The van der Waals surface area contributed by atoms with Crippen LogP contribution in [0, 0.1) is 13.8 Å². The van der Waals surface area contributed by atoms with Gasteiger partial charge in [-0.2, -0.15) is 21.6 Å². The van der Waals surface area contributed by atoms with E-state index in [-0.39, 0.29) is 17.1 Å². The van der Waals surface area contributed by atoms with Gasteiger partial charge in [0.2, 0.25) is 10.0 Å². The molecule has 7 nitrogen and oxygen atoms in total. The Balaban J connectivity index is 2.43. The summed E-state index contributed by atoms with van der Waals surface area (Å²) in [7, 11) is -2.26. The first-order valence-electron chi connectivity index (χ1n) is 6.05. The first-order chi connectivity index (χ1) is 9.19. The third kappa shape index (κ3) is 2.45. The molecule has 1 aromatic rings. The zero-order valence-electron chi connectivity index (χ0n) is 11.5. The second kappa shape index (κ2) is 5.05. The molecular formula is C11H17N3O4S2. The normalized spacial score (nSPS) is 23.1. The standard InChI is InChI=1S/C11H17N3O4S2/c1-7-9(8(2)14(3)12-7)20(17,18)13-11(10(15)16)4-5-19-6-11/h13H,4-6H2,1-3H3,(H,15,16). The van der Waals surface area contributed by atoms with Crippen molar-refractivity contribution < 1.29 is 18.3 Å². The van der Waals surface area contributed by atoms with E-state index in [1.807, 2.05) is 0 Å². The molecular weight excluding hydrogens is 302 g/mol. The van der Waals surface area contributed by atoms with Crippen molar-refractivity contribution in [2.24, 2.45) is 7.05 Å². The fourth-order valence-electron chi connectivity index (χ4n) is 2.31. The fraction of sp³-hybridized carbons (Fsp3) is 0.636. The number of carboxylic acids is 1. The van der Waals surface area contributed by atoms with Crippen LogP contribution in [-0.2, 0) is 21.9 Å². The van der Waals surface area contributed by atoms with Gasteiger partial charge in [0.05, 0.1) is 11.4 Å². The van der Waals surface area contributed by atoms with Crippen molar-refractivity contribution in [2.75, 3.05) is 11.5 Å². The van der Waals surface area contributed by atoms with E-state index in [2.05, 4.69) is 9.82 Å². The molecule has 1 unspecified atom stereocenters. The third-order valence-electron chi connectivity index (χ3n) is 3.47. The van der Waals surface area contributed by atoms with Crippen LogP contribution in [0.3, 0.4) is 0 Å². The number of sulfonamides is 1. The lowest BCUT2D eigenvalue weighted by atomic mass is 10.0. The summed E-state index contributed by atoms with van der Waals surface area (Å²) in [6.45, 7) is 3.24. The van der Waals surface area contributed by atoms with Crippen molar-refractivity contribution in [3.63, 3.8) is 0 Å². The van der Waals surface area contributed by atoms with Crippen LogP contribution in [0.5, 0.6) is 0 Å². The van der Waals surface area contributed by atoms with E-state index in [9.17, 15) is 18.3 Å². The van der Waals surface area contributed by atoms with E-state index in [1.54, 1.807) is 20.9 Å². The number of rotatable bonds is 4. The highest BCUT2D eigenvalue weighted by Gasteiger charge is 2.46. The smallest absolute Gasteiger partial charge is 0.325 e. The number of aryl methyl sites for hydroxylation is 2. The van der Waals surface area contributed by atoms with Crippen molar-refractivity contribution in [1.29, 1.82) is 0 Å². The van der Waals surface area contributed by atoms with E-state index in [0.29, 0.717) is 17.1 Å². The average Bonchev–Trinajstić information content (AvgIpc) is 2.86. The van der Waals surface area contributed by atoms with Gasteiger partial charge < -0.3 is 5.11 Å². The van der Waals surface area contributed by atoms with Gasteiger partial charge in [-0.1, -0.05) is 0 Å². The lowest BCUT2D eigenvalue weighted by Gasteiger charge is -2.24. The maximum atomic E-state index is 12.5. The summed E-state index contributed by atoms with van der Waals surface area (Å²) in [6, 6.07) is 0. The second-order valence-corrected chi connectivity index (χ2v) is 7.64. The molecule has 1 aromatic heterocycles. The molecule has 1 aliphatic heterocycles. The summed E-state index contributed by atoms with van der Waals surface area (Å²) in [6.07, 6.45) is 0.282. The minimum absolute atomic E-state index is 0.0672. The summed E-state index contributed by atoms with van der Waals surface area (Å²) in [5.74, 6) is -0.273. The third-order valence-corrected chi connectivity index (χ3v) is 6.45. The van der Waals surface area contributed by atoms with Crippen molar-refractivity contribution in [1.82, 2.24) is 14.5 Å². The number of carbonyl (C=O) groups is 1. The molecule has 1 saturated heterocycles. The Morgan fingerprint density at radius 3 is 2.55 bits per heavy atom. The van der Waals surface area contributed by atoms with Gasteiger partial charge in [-0.25, -0.2) is 8.42 Å². The predicted molar refractivity (Wildman–Crippen MR) is 75.3 cm³/mol. The summed E-state index contributed by atoms with van der Waals surface area (Å²) < 4.78 is 28.9. The van der Waals surface area contributed by atoms with Gasteiger partial charge in [0, 0.05) is 12.8 Å². The molecule has 20 heavy (non-hydrogen) atoms. The highest BCUT2D eigenvalue weighted by molar-refractivity contribution is 7.99. The van der Waals surface area contributed by atoms with E-state index in [4.69, 9.17) is 0 Å². The summed E-state index contributed by atoms with van der Waals surface area (Å²) >= 11 is 1.43.